The zero-order valence-corrected chi connectivity index (χ0v) is 14.0. The molecule has 1 unspecified atom stereocenters. The molecule has 1 heterocycles. The summed E-state index contributed by atoms with van der Waals surface area (Å²) in [7, 11) is 3.55. The van der Waals surface area contributed by atoms with Gasteiger partial charge in [0.05, 0.1) is 7.11 Å². The van der Waals surface area contributed by atoms with Crippen molar-refractivity contribution in [1.82, 2.24) is 10.2 Å². The first kappa shape index (κ1) is 16.8. The van der Waals surface area contributed by atoms with Gasteiger partial charge in [-0.1, -0.05) is 19.1 Å². The van der Waals surface area contributed by atoms with Gasteiger partial charge in [-0.2, -0.15) is 0 Å². The molecule has 2 rings (SSSR count). The molecule has 122 valence electrons. The van der Waals surface area contributed by atoms with Crippen LogP contribution in [0.1, 0.15) is 31.7 Å². The lowest BCUT2D eigenvalue weighted by Crippen LogP contribution is -2.34. The maximum Gasteiger partial charge on any atom is 0.222 e. The predicted octanol–water partition coefficient (Wildman–Crippen LogP) is 2.68. The van der Waals surface area contributed by atoms with Crippen LogP contribution in [0.15, 0.2) is 24.3 Å². The number of hydrogen-bond acceptors (Lipinski definition) is 3. The van der Waals surface area contributed by atoms with Gasteiger partial charge in [-0.25, -0.2) is 0 Å². The van der Waals surface area contributed by atoms with Gasteiger partial charge in [0.25, 0.3) is 0 Å². The number of benzene rings is 1. The molecule has 1 aliphatic heterocycles. The smallest absolute Gasteiger partial charge is 0.222 e. The zero-order valence-electron chi connectivity index (χ0n) is 14.0. The number of carbonyl (C=O) groups excluding carboxylic acids is 1. The molecule has 1 aliphatic rings. The summed E-state index contributed by atoms with van der Waals surface area (Å²) in [5, 5.41) is 3.38. The third kappa shape index (κ3) is 4.73. The Bertz CT molecular complexity index is 466. The van der Waals surface area contributed by atoms with Gasteiger partial charge in [-0.05, 0) is 55.5 Å². The molecule has 0 aromatic heterocycles. The zero-order chi connectivity index (χ0) is 15.9. The van der Waals surface area contributed by atoms with Crippen molar-refractivity contribution in [1.29, 1.82) is 0 Å². The molecular formula is C18H28N2O2. The number of amides is 1. The van der Waals surface area contributed by atoms with Crippen LogP contribution in [-0.2, 0) is 11.3 Å². The number of hydrogen-bond donors (Lipinski definition) is 1. The standard InChI is InChI=1S/C18H28N2O2/c1-14(16-8-10-19-11-9-16)12-18(21)20(2)13-15-4-6-17(22-3)7-5-15/h4-7,14,16,19H,8-13H2,1-3H3. The van der Waals surface area contributed by atoms with Gasteiger partial charge in [0, 0.05) is 20.0 Å². The number of ether oxygens (including phenoxy) is 1. The molecule has 0 bridgehead atoms. The molecule has 1 N–H and O–H groups in total. The average Bonchev–Trinajstić information content (AvgIpc) is 2.56. The molecule has 0 aliphatic carbocycles. The first-order chi connectivity index (χ1) is 10.6. The summed E-state index contributed by atoms with van der Waals surface area (Å²) in [4.78, 5) is 14.2. The summed E-state index contributed by atoms with van der Waals surface area (Å²) >= 11 is 0. The van der Waals surface area contributed by atoms with Crippen LogP contribution in [0, 0.1) is 11.8 Å². The SMILES string of the molecule is COc1ccc(CN(C)C(=O)CC(C)C2CCNCC2)cc1. The number of nitrogens with zero attached hydrogens (tertiary/aromatic N) is 1. The van der Waals surface area contributed by atoms with Crippen molar-refractivity contribution in [2.24, 2.45) is 11.8 Å². The van der Waals surface area contributed by atoms with Crippen LogP contribution in [0.25, 0.3) is 0 Å². The van der Waals surface area contributed by atoms with Crippen molar-refractivity contribution in [3.63, 3.8) is 0 Å². The second kappa shape index (κ2) is 8.18. The minimum atomic E-state index is 0.238. The monoisotopic (exact) mass is 304 g/mol. The molecule has 0 radical (unpaired) electrons. The lowest BCUT2D eigenvalue weighted by atomic mass is 9.84. The summed E-state index contributed by atoms with van der Waals surface area (Å²) in [6.45, 7) is 5.05. The van der Waals surface area contributed by atoms with Crippen molar-refractivity contribution in [2.45, 2.75) is 32.7 Å². The minimum absolute atomic E-state index is 0.238. The Kier molecular flexibility index (Phi) is 6.25. The Labute approximate surface area is 133 Å². The maximum absolute atomic E-state index is 12.4. The van der Waals surface area contributed by atoms with E-state index in [4.69, 9.17) is 4.74 Å². The van der Waals surface area contributed by atoms with Crippen LogP contribution >= 0.6 is 0 Å². The van der Waals surface area contributed by atoms with E-state index in [-0.39, 0.29) is 5.91 Å². The highest BCUT2D eigenvalue weighted by Crippen LogP contribution is 2.25. The number of piperidine rings is 1. The lowest BCUT2D eigenvalue weighted by Gasteiger charge is -2.29. The normalized spacial score (nSPS) is 17.0. The predicted molar refractivity (Wildman–Crippen MR) is 88.8 cm³/mol. The van der Waals surface area contributed by atoms with E-state index >= 15 is 0 Å². The highest BCUT2D eigenvalue weighted by Gasteiger charge is 2.23. The summed E-state index contributed by atoms with van der Waals surface area (Å²) < 4.78 is 5.16. The number of carbonyl (C=O) groups is 1. The fourth-order valence-electron chi connectivity index (χ4n) is 3.10. The summed E-state index contributed by atoms with van der Waals surface area (Å²) in [5.41, 5.74) is 1.13. The first-order valence-electron chi connectivity index (χ1n) is 8.17. The lowest BCUT2D eigenvalue weighted by molar-refractivity contribution is -0.131. The minimum Gasteiger partial charge on any atom is -0.497 e. The molecule has 4 heteroatoms. The van der Waals surface area contributed by atoms with Crippen LogP contribution < -0.4 is 10.1 Å². The summed E-state index contributed by atoms with van der Waals surface area (Å²) in [5.74, 6) is 2.23. The van der Waals surface area contributed by atoms with Gasteiger partial charge in [-0.3, -0.25) is 4.79 Å². The van der Waals surface area contributed by atoms with E-state index in [0.717, 1.165) is 24.4 Å². The van der Waals surface area contributed by atoms with E-state index in [1.54, 1.807) is 7.11 Å². The summed E-state index contributed by atoms with van der Waals surface area (Å²) in [6, 6.07) is 7.90. The van der Waals surface area contributed by atoms with Gasteiger partial charge in [0.15, 0.2) is 0 Å². The molecule has 1 saturated heterocycles. The van der Waals surface area contributed by atoms with E-state index in [9.17, 15) is 4.79 Å². The molecule has 4 nitrogen and oxygen atoms in total. The average molecular weight is 304 g/mol. The molecule has 1 fully saturated rings. The van der Waals surface area contributed by atoms with Crippen molar-refractivity contribution in [3.05, 3.63) is 29.8 Å². The van der Waals surface area contributed by atoms with E-state index in [1.807, 2.05) is 36.2 Å². The van der Waals surface area contributed by atoms with Crippen molar-refractivity contribution in [2.75, 3.05) is 27.2 Å². The third-order valence-electron chi connectivity index (χ3n) is 4.69. The fraction of sp³-hybridized carbons (Fsp3) is 0.611. The van der Waals surface area contributed by atoms with Gasteiger partial charge < -0.3 is 15.0 Å². The molecular weight excluding hydrogens is 276 g/mol. The number of rotatable bonds is 6. The van der Waals surface area contributed by atoms with Gasteiger partial charge in [0.1, 0.15) is 5.75 Å². The molecule has 22 heavy (non-hydrogen) atoms. The third-order valence-corrected chi connectivity index (χ3v) is 4.69. The van der Waals surface area contributed by atoms with Crippen molar-refractivity contribution >= 4 is 5.91 Å². The Morgan fingerprint density at radius 1 is 1.32 bits per heavy atom. The fourth-order valence-corrected chi connectivity index (χ4v) is 3.10. The Morgan fingerprint density at radius 2 is 1.95 bits per heavy atom. The van der Waals surface area contributed by atoms with Crippen LogP contribution in [0.3, 0.4) is 0 Å². The highest BCUT2D eigenvalue weighted by molar-refractivity contribution is 5.76. The van der Waals surface area contributed by atoms with Crippen LogP contribution in [-0.4, -0.2) is 38.1 Å². The first-order valence-corrected chi connectivity index (χ1v) is 8.17. The molecule has 1 aromatic rings. The van der Waals surface area contributed by atoms with Crippen LogP contribution in [0.4, 0.5) is 0 Å². The molecule has 1 amide bonds. The van der Waals surface area contributed by atoms with E-state index < -0.39 is 0 Å². The topological polar surface area (TPSA) is 41.6 Å². The van der Waals surface area contributed by atoms with Gasteiger partial charge in [-0.15, -0.1) is 0 Å². The van der Waals surface area contributed by atoms with Gasteiger partial charge >= 0.3 is 0 Å². The number of nitrogens with one attached hydrogen (secondary N) is 1. The second-order valence-electron chi connectivity index (χ2n) is 6.37. The van der Waals surface area contributed by atoms with E-state index in [2.05, 4.69) is 12.2 Å². The molecule has 1 aromatic carbocycles. The molecule has 1 atom stereocenters. The van der Waals surface area contributed by atoms with E-state index in [1.165, 1.54) is 12.8 Å². The molecule has 0 spiro atoms. The highest BCUT2D eigenvalue weighted by atomic mass is 16.5. The second-order valence-corrected chi connectivity index (χ2v) is 6.37. The summed E-state index contributed by atoms with van der Waals surface area (Å²) in [6.07, 6.45) is 3.03. The van der Waals surface area contributed by atoms with Crippen molar-refractivity contribution < 1.29 is 9.53 Å². The largest absolute Gasteiger partial charge is 0.497 e. The van der Waals surface area contributed by atoms with Gasteiger partial charge in [0.2, 0.25) is 5.91 Å². The van der Waals surface area contributed by atoms with Crippen LogP contribution in [0.5, 0.6) is 5.75 Å². The Balaban J connectivity index is 1.82. The van der Waals surface area contributed by atoms with E-state index in [0.29, 0.717) is 24.8 Å². The molecule has 0 saturated carbocycles. The maximum atomic E-state index is 12.4. The van der Waals surface area contributed by atoms with Crippen LogP contribution in [0.2, 0.25) is 0 Å². The Hall–Kier alpha value is -1.55. The Morgan fingerprint density at radius 3 is 2.55 bits per heavy atom. The quantitative estimate of drug-likeness (QED) is 0.878. The van der Waals surface area contributed by atoms with Crippen molar-refractivity contribution in [3.8, 4) is 5.75 Å². The number of methoxy groups -OCH3 is 1.